The van der Waals surface area contributed by atoms with Crippen molar-refractivity contribution in [3.05, 3.63) is 71.8 Å². The molecule has 41 heavy (non-hydrogen) atoms. The molecule has 3 aliphatic heterocycles. The van der Waals surface area contributed by atoms with Crippen LogP contribution in [0, 0.1) is 5.92 Å². The van der Waals surface area contributed by atoms with Gasteiger partial charge in [-0.1, -0.05) is 49.4 Å². The topological polar surface area (TPSA) is 128 Å². The minimum Gasteiger partial charge on any atom is -0.441 e. The average molecular weight is 562 g/mol. The molecule has 216 valence electrons. The number of carbonyl (C=O) groups excluding carboxylic acids is 4. The number of aliphatic hydroxyl groups is 2. The second kappa shape index (κ2) is 11.5. The molecule has 0 bridgehead atoms. The van der Waals surface area contributed by atoms with Crippen LogP contribution in [0.1, 0.15) is 50.7 Å². The van der Waals surface area contributed by atoms with Gasteiger partial charge in [0.2, 0.25) is 11.8 Å². The van der Waals surface area contributed by atoms with Gasteiger partial charge in [-0.3, -0.25) is 24.1 Å². The van der Waals surface area contributed by atoms with Gasteiger partial charge in [0, 0.05) is 37.1 Å². The molecule has 4 atom stereocenters. The summed E-state index contributed by atoms with van der Waals surface area (Å²) in [5, 5.41) is 21.3. The van der Waals surface area contributed by atoms with Gasteiger partial charge in [-0.05, 0) is 36.6 Å². The summed E-state index contributed by atoms with van der Waals surface area (Å²) in [5.74, 6) is -1.76. The fraction of sp³-hybridized carbons (Fsp3) is 0.419. The maximum Gasteiger partial charge on any atom is 0.304 e. The van der Waals surface area contributed by atoms with Crippen LogP contribution in [0.15, 0.2) is 60.7 Å². The number of benzene rings is 2. The van der Waals surface area contributed by atoms with E-state index < -0.39 is 29.6 Å². The van der Waals surface area contributed by atoms with E-state index in [4.69, 9.17) is 4.74 Å². The summed E-state index contributed by atoms with van der Waals surface area (Å²) < 4.78 is 5.19. The van der Waals surface area contributed by atoms with Crippen molar-refractivity contribution in [1.82, 2.24) is 4.90 Å². The molecule has 0 aliphatic carbocycles. The number of hydrogen-bond donors (Lipinski definition) is 2. The number of rotatable bonds is 9. The highest BCUT2D eigenvalue weighted by Crippen LogP contribution is 2.45. The molecule has 10 heteroatoms. The minimum absolute atomic E-state index is 0.0549. The molecule has 2 aromatic rings. The Morgan fingerprint density at radius 2 is 1.88 bits per heavy atom. The fourth-order valence-electron chi connectivity index (χ4n) is 5.97. The van der Waals surface area contributed by atoms with Crippen LogP contribution >= 0.6 is 0 Å². The maximum atomic E-state index is 13.8. The van der Waals surface area contributed by atoms with Gasteiger partial charge in [0.15, 0.2) is 11.8 Å². The van der Waals surface area contributed by atoms with E-state index in [2.05, 4.69) is 0 Å². The van der Waals surface area contributed by atoms with Gasteiger partial charge in [0.25, 0.3) is 5.91 Å². The van der Waals surface area contributed by atoms with E-state index in [1.165, 1.54) is 11.8 Å². The maximum absolute atomic E-state index is 13.8. The van der Waals surface area contributed by atoms with E-state index in [1.54, 1.807) is 71.3 Å². The summed E-state index contributed by atoms with van der Waals surface area (Å²) >= 11 is 0. The largest absolute Gasteiger partial charge is 0.441 e. The quantitative estimate of drug-likeness (QED) is 0.274. The van der Waals surface area contributed by atoms with Gasteiger partial charge in [-0.25, -0.2) is 0 Å². The van der Waals surface area contributed by atoms with Gasteiger partial charge in [0.1, 0.15) is 0 Å². The number of amides is 3. The van der Waals surface area contributed by atoms with Crippen molar-refractivity contribution in [3.63, 3.8) is 0 Å². The van der Waals surface area contributed by atoms with Crippen molar-refractivity contribution in [1.29, 1.82) is 0 Å². The highest BCUT2D eigenvalue weighted by atomic mass is 16.6. The predicted octanol–water partition coefficient (Wildman–Crippen LogP) is 2.61. The molecule has 2 aromatic carbocycles. The molecule has 3 heterocycles. The number of aliphatic hydroxyl groups excluding tert-OH is 1. The van der Waals surface area contributed by atoms with Crippen molar-refractivity contribution >= 4 is 35.1 Å². The zero-order chi connectivity index (χ0) is 29.3. The molecule has 1 unspecified atom stereocenters. The number of hydrogen-bond acceptors (Lipinski definition) is 7. The standard InChI is InChI=1S/C31H35N3O7/c1-20(7-5-11-27(37)32-16-6-8-24(32)19-35)31(40)25-9-3-4-10-26(25)33(30(31)39)18-22-12-14-23(15-13-22)34-28(38)17-29(34)41-21(2)36/h3-5,7,9-10,12-15,20,24,29,35,40H,6,8,11,16-19H2,1-2H3/b7-5+/t20-,24+,29?,31+/m1/s1. The SMILES string of the molecule is CC(=O)OC1CC(=O)N1c1ccc(CN2C(=O)[C@](O)([C@H](C)/C=C/CC(=O)N3CCC[C@H]3CO)c3ccccc32)cc1. The Morgan fingerprint density at radius 3 is 2.56 bits per heavy atom. The highest BCUT2D eigenvalue weighted by Gasteiger charge is 2.52. The first-order chi connectivity index (χ1) is 19.6. The Balaban J connectivity index is 1.30. The van der Waals surface area contributed by atoms with Gasteiger partial charge >= 0.3 is 5.97 Å². The van der Waals surface area contributed by atoms with Crippen molar-refractivity contribution in [3.8, 4) is 0 Å². The molecule has 2 N–H and O–H groups in total. The number of nitrogens with zero attached hydrogens (tertiary/aromatic N) is 3. The Labute approximate surface area is 238 Å². The Bertz CT molecular complexity index is 1370. The van der Waals surface area contributed by atoms with E-state index in [0.717, 1.165) is 18.4 Å². The lowest BCUT2D eigenvalue weighted by molar-refractivity contribution is -0.154. The van der Waals surface area contributed by atoms with Gasteiger partial charge in [-0.15, -0.1) is 0 Å². The first-order valence-corrected chi connectivity index (χ1v) is 13.9. The van der Waals surface area contributed by atoms with E-state index >= 15 is 0 Å². The summed E-state index contributed by atoms with van der Waals surface area (Å²) in [6, 6.07) is 14.1. The van der Waals surface area contributed by atoms with E-state index in [1.807, 2.05) is 6.07 Å². The lowest BCUT2D eigenvalue weighted by Crippen LogP contribution is -2.54. The van der Waals surface area contributed by atoms with Crippen molar-refractivity contribution < 1.29 is 34.1 Å². The second-order valence-corrected chi connectivity index (χ2v) is 10.9. The molecule has 2 fully saturated rings. The average Bonchev–Trinajstić information content (AvgIpc) is 3.52. The summed E-state index contributed by atoms with van der Waals surface area (Å²) in [6.07, 6.45) is 4.70. The number of β-lactam (4-membered cyclic amide) rings is 1. The van der Waals surface area contributed by atoms with Crippen LogP contribution < -0.4 is 9.80 Å². The van der Waals surface area contributed by atoms with Crippen molar-refractivity contribution in [2.24, 2.45) is 5.92 Å². The number of likely N-dealkylation sites (tertiary alicyclic amines) is 1. The Kier molecular flexibility index (Phi) is 7.97. The minimum atomic E-state index is -1.81. The van der Waals surface area contributed by atoms with Crippen LogP contribution in [0.3, 0.4) is 0 Å². The number of ether oxygens (including phenoxy) is 1. The third-order valence-electron chi connectivity index (χ3n) is 8.22. The number of esters is 1. The zero-order valence-corrected chi connectivity index (χ0v) is 23.2. The second-order valence-electron chi connectivity index (χ2n) is 10.9. The summed E-state index contributed by atoms with van der Waals surface area (Å²) in [5.41, 5.74) is 0.680. The first kappa shape index (κ1) is 28.5. The van der Waals surface area contributed by atoms with Gasteiger partial charge < -0.3 is 24.7 Å². The summed E-state index contributed by atoms with van der Waals surface area (Å²) in [6.45, 7) is 3.82. The molecule has 0 aromatic heterocycles. The van der Waals surface area contributed by atoms with Crippen LogP contribution in [0.2, 0.25) is 0 Å². The zero-order valence-electron chi connectivity index (χ0n) is 23.2. The normalized spacial score (nSPS) is 24.5. The Morgan fingerprint density at radius 1 is 1.15 bits per heavy atom. The van der Waals surface area contributed by atoms with Crippen LogP contribution in [-0.4, -0.2) is 64.2 Å². The predicted molar refractivity (Wildman–Crippen MR) is 150 cm³/mol. The lowest BCUT2D eigenvalue weighted by atomic mass is 9.83. The summed E-state index contributed by atoms with van der Waals surface area (Å²) in [7, 11) is 0. The first-order valence-electron chi connectivity index (χ1n) is 13.9. The number of fused-ring (bicyclic) bond motifs is 1. The van der Waals surface area contributed by atoms with E-state index in [0.29, 0.717) is 23.5 Å². The molecule has 3 aliphatic rings. The fourth-order valence-corrected chi connectivity index (χ4v) is 5.97. The molecular weight excluding hydrogens is 526 g/mol. The Hall–Kier alpha value is -4.02. The molecular formula is C31H35N3O7. The van der Waals surface area contributed by atoms with Crippen molar-refractivity contribution in [2.75, 3.05) is 23.0 Å². The molecule has 0 spiro atoms. The molecule has 10 nitrogen and oxygen atoms in total. The monoisotopic (exact) mass is 561 g/mol. The van der Waals surface area contributed by atoms with Crippen molar-refractivity contribution in [2.45, 2.75) is 63.9 Å². The van der Waals surface area contributed by atoms with Crippen LogP contribution in [0.5, 0.6) is 0 Å². The van der Waals surface area contributed by atoms with Crippen LogP contribution in [0.25, 0.3) is 0 Å². The van der Waals surface area contributed by atoms with Crippen LogP contribution in [-0.2, 0) is 36.1 Å². The molecule has 2 saturated heterocycles. The van der Waals surface area contributed by atoms with E-state index in [-0.39, 0.29) is 43.8 Å². The number of carbonyl (C=O) groups is 4. The van der Waals surface area contributed by atoms with Crippen LogP contribution in [0.4, 0.5) is 11.4 Å². The van der Waals surface area contributed by atoms with Gasteiger partial charge in [0.05, 0.1) is 31.3 Å². The molecule has 5 rings (SSSR count). The highest BCUT2D eigenvalue weighted by molar-refractivity contribution is 6.07. The summed E-state index contributed by atoms with van der Waals surface area (Å²) in [4.78, 5) is 54.6. The third-order valence-corrected chi connectivity index (χ3v) is 8.22. The van der Waals surface area contributed by atoms with E-state index in [9.17, 15) is 29.4 Å². The third kappa shape index (κ3) is 5.25. The number of anilines is 2. The van der Waals surface area contributed by atoms with Gasteiger partial charge in [-0.2, -0.15) is 0 Å². The molecule has 3 amide bonds. The number of para-hydroxylation sites is 1. The molecule has 0 radical (unpaired) electrons. The lowest BCUT2D eigenvalue weighted by Gasteiger charge is -2.39. The smallest absolute Gasteiger partial charge is 0.304 e. The molecule has 0 saturated carbocycles.